The molecule has 0 aliphatic carbocycles. The predicted molar refractivity (Wildman–Crippen MR) is 120 cm³/mol. The van der Waals surface area contributed by atoms with Gasteiger partial charge < -0.3 is 10.2 Å². The summed E-state index contributed by atoms with van der Waals surface area (Å²) >= 11 is 4.15. The molecule has 1 aliphatic rings. The number of nitrogens with zero attached hydrogens (tertiary/aromatic N) is 5. The Bertz CT molecular complexity index is 1060. The highest BCUT2D eigenvalue weighted by atomic mass is 32.2. The van der Waals surface area contributed by atoms with E-state index in [1.165, 1.54) is 59.4 Å². The highest BCUT2D eigenvalue weighted by molar-refractivity contribution is 8.02. The second kappa shape index (κ2) is 9.06. The minimum absolute atomic E-state index is 0.00136. The summed E-state index contributed by atoms with van der Waals surface area (Å²) in [5, 5.41) is 24.9. The number of hydrogen-bond donors (Lipinski definition) is 1. The molecule has 12 heteroatoms. The van der Waals surface area contributed by atoms with E-state index >= 15 is 0 Å². The molecule has 1 saturated heterocycles. The maximum atomic E-state index is 12.6. The van der Waals surface area contributed by atoms with Gasteiger partial charge in [0.2, 0.25) is 11.0 Å². The molecule has 1 amide bonds. The van der Waals surface area contributed by atoms with Crippen molar-refractivity contribution in [3.05, 3.63) is 39.8 Å². The van der Waals surface area contributed by atoms with E-state index in [-0.39, 0.29) is 16.8 Å². The Morgan fingerprint density at radius 3 is 2.90 bits per heavy atom. The summed E-state index contributed by atoms with van der Waals surface area (Å²) in [4.78, 5) is 29.7. The highest BCUT2D eigenvalue weighted by Gasteiger charge is 2.21. The lowest BCUT2D eigenvalue weighted by Crippen LogP contribution is -2.22. The van der Waals surface area contributed by atoms with Crippen molar-refractivity contribution in [3.63, 3.8) is 0 Å². The number of nitrogens with one attached hydrogen (secondary N) is 1. The third-order valence-corrected chi connectivity index (χ3v) is 7.43. The molecule has 30 heavy (non-hydrogen) atoms. The molecule has 1 aliphatic heterocycles. The van der Waals surface area contributed by atoms with Crippen LogP contribution in [0.2, 0.25) is 0 Å². The van der Waals surface area contributed by atoms with Gasteiger partial charge in [-0.2, -0.15) is 0 Å². The van der Waals surface area contributed by atoms with Crippen LogP contribution in [-0.2, 0) is 4.79 Å². The number of carbonyl (C=O) groups is 1. The molecule has 1 atom stereocenters. The SMILES string of the molecule is CC(Sc1nnc(N2CCCC2)s1)C(=O)Nc1nc(-c2cccc([N+](=O)[O-])c2)cs1. The molecule has 1 N–H and O–H groups in total. The number of anilines is 2. The van der Waals surface area contributed by atoms with Gasteiger partial charge in [-0.25, -0.2) is 4.98 Å². The van der Waals surface area contributed by atoms with E-state index in [0.29, 0.717) is 16.4 Å². The average molecular weight is 463 g/mol. The lowest BCUT2D eigenvalue weighted by molar-refractivity contribution is -0.384. The van der Waals surface area contributed by atoms with Crippen LogP contribution >= 0.6 is 34.4 Å². The van der Waals surface area contributed by atoms with Crippen LogP contribution in [0.15, 0.2) is 34.0 Å². The van der Waals surface area contributed by atoms with E-state index in [4.69, 9.17) is 0 Å². The van der Waals surface area contributed by atoms with Crippen molar-refractivity contribution in [3.8, 4) is 11.3 Å². The van der Waals surface area contributed by atoms with E-state index in [1.54, 1.807) is 17.5 Å². The van der Waals surface area contributed by atoms with Crippen molar-refractivity contribution in [2.45, 2.75) is 29.4 Å². The Balaban J connectivity index is 1.37. The third kappa shape index (κ3) is 4.77. The summed E-state index contributed by atoms with van der Waals surface area (Å²) in [6.45, 7) is 3.82. The fraction of sp³-hybridized carbons (Fsp3) is 0.333. The highest BCUT2D eigenvalue weighted by Crippen LogP contribution is 2.33. The number of hydrogen-bond acceptors (Lipinski definition) is 10. The summed E-state index contributed by atoms with van der Waals surface area (Å²) in [7, 11) is 0. The third-order valence-electron chi connectivity index (χ3n) is 4.51. The Labute approximate surface area is 184 Å². The van der Waals surface area contributed by atoms with Crippen LogP contribution < -0.4 is 10.2 Å². The van der Waals surface area contributed by atoms with Crippen molar-refractivity contribution in [1.29, 1.82) is 0 Å². The number of thiazole rings is 1. The topological polar surface area (TPSA) is 114 Å². The molecule has 1 aromatic carbocycles. The van der Waals surface area contributed by atoms with Crippen molar-refractivity contribution >= 4 is 56.3 Å². The Morgan fingerprint density at radius 2 is 2.13 bits per heavy atom. The van der Waals surface area contributed by atoms with Crippen LogP contribution in [0.5, 0.6) is 0 Å². The number of aromatic nitrogens is 3. The maximum absolute atomic E-state index is 12.6. The quantitative estimate of drug-likeness (QED) is 0.314. The molecule has 9 nitrogen and oxygen atoms in total. The monoisotopic (exact) mass is 462 g/mol. The van der Waals surface area contributed by atoms with Gasteiger partial charge in [0.25, 0.3) is 5.69 Å². The zero-order chi connectivity index (χ0) is 21.1. The number of amides is 1. The molecular weight excluding hydrogens is 444 g/mol. The second-order valence-corrected chi connectivity index (χ2v) is 10.0. The Morgan fingerprint density at radius 1 is 1.33 bits per heavy atom. The van der Waals surface area contributed by atoms with E-state index in [9.17, 15) is 14.9 Å². The minimum atomic E-state index is -0.444. The molecule has 3 heterocycles. The molecule has 3 aromatic rings. The number of thioether (sulfide) groups is 1. The summed E-state index contributed by atoms with van der Waals surface area (Å²) in [5.74, 6) is -0.183. The van der Waals surface area contributed by atoms with Gasteiger partial charge in [0, 0.05) is 36.2 Å². The standard InChI is InChI=1S/C18H18N6O3S3/c1-11(29-18-22-21-17(30-18)23-7-2-3-8-23)15(25)20-16-19-14(10-28-16)12-5-4-6-13(9-12)24(26)27/h4-6,9-11H,2-3,7-8H2,1H3,(H,19,20,25). The van der Waals surface area contributed by atoms with Gasteiger partial charge >= 0.3 is 0 Å². The number of benzene rings is 1. The lowest BCUT2D eigenvalue weighted by atomic mass is 10.1. The zero-order valence-electron chi connectivity index (χ0n) is 16.0. The number of nitro groups is 1. The van der Waals surface area contributed by atoms with Gasteiger partial charge in [-0.3, -0.25) is 14.9 Å². The Kier molecular flexibility index (Phi) is 6.25. The van der Waals surface area contributed by atoms with Crippen LogP contribution in [0, 0.1) is 10.1 Å². The first-order valence-corrected chi connectivity index (χ1v) is 11.8. The van der Waals surface area contributed by atoms with Gasteiger partial charge in [-0.05, 0) is 19.8 Å². The van der Waals surface area contributed by atoms with Crippen molar-refractivity contribution in [2.24, 2.45) is 0 Å². The number of nitro benzene ring substituents is 1. The second-order valence-electron chi connectivity index (χ2n) is 6.64. The van der Waals surface area contributed by atoms with E-state index in [1.807, 2.05) is 6.92 Å². The van der Waals surface area contributed by atoms with Crippen molar-refractivity contribution in [1.82, 2.24) is 15.2 Å². The molecular formula is C18H18N6O3S3. The summed E-state index contributed by atoms with van der Waals surface area (Å²) in [6.07, 6.45) is 2.35. The normalized spacial score (nSPS) is 14.6. The molecule has 0 radical (unpaired) electrons. The first-order chi connectivity index (χ1) is 14.5. The molecule has 0 spiro atoms. The van der Waals surface area contributed by atoms with E-state index in [0.717, 1.165) is 22.6 Å². The fourth-order valence-corrected chi connectivity index (χ4v) is 5.70. The molecule has 0 saturated carbocycles. The number of carbonyl (C=O) groups excluding carboxylic acids is 1. The number of non-ortho nitro benzene ring substituents is 1. The van der Waals surface area contributed by atoms with Gasteiger partial charge in [-0.1, -0.05) is 35.2 Å². The van der Waals surface area contributed by atoms with E-state index in [2.05, 4.69) is 25.4 Å². The lowest BCUT2D eigenvalue weighted by Gasteiger charge is -2.11. The molecule has 156 valence electrons. The largest absolute Gasteiger partial charge is 0.347 e. The minimum Gasteiger partial charge on any atom is -0.347 e. The maximum Gasteiger partial charge on any atom is 0.270 e. The molecule has 4 rings (SSSR count). The van der Waals surface area contributed by atoms with Crippen LogP contribution in [0.4, 0.5) is 16.0 Å². The van der Waals surface area contributed by atoms with Gasteiger partial charge in [0.05, 0.1) is 15.9 Å². The van der Waals surface area contributed by atoms with Crippen molar-refractivity contribution in [2.75, 3.05) is 23.3 Å². The average Bonchev–Trinajstić information content (AvgIpc) is 3.49. The zero-order valence-corrected chi connectivity index (χ0v) is 18.4. The predicted octanol–water partition coefficient (Wildman–Crippen LogP) is 4.29. The first-order valence-electron chi connectivity index (χ1n) is 9.26. The number of rotatable bonds is 7. The van der Waals surface area contributed by atoms with Gasteiger partial charge in [0.15, 0.2) is 9.47 Å². The summed E-state index contributed by atoms with van der Waals surface area (Å²) < 4.78 is 0.760. The van der Waals surface area contributed by atoms with E-state index < -0.39 is 4.92 Å². The first kappa shape index (κ1) is 20.7. The molecule has 2 aromatic heterocycles. The Hall–Kier alpha value is -2.57. The smallest absolute Gasteiger partial charge is 0.270 e. The van der Waals surface area contributed by atoms with Gasteiger partial charge in [0.1, 0.15) is 0 Å². The fourth-order valence-electron chi connectivity index (χ4n) is 2.94. The van der Waals surface area contributed by atoms with Crippen LogP contribution in [0.3, 0.4) is 0 Å². The summed E-state index contributed by atoms with van der Waals surface area (Å²) in [6, 6.07) is 6.26. The molecule has 1 fully saturated rings. The van der Waals surface area contributed by atoms with Crippen LogP contribution in [0.1, 0.15) is 19.8 Å². The van der Waals surface area contributed by atoms with Crippen molar-refractivity contribution < 1.29 is 9.72 Å². The summed E-state index contributed by atoms with van der Waals surface area (Å²) in [5.41, 5.74) is 1.21. The van der Waals surface area contributed by atoms with Crippen LogP contribution in [0.25, 0.3) is 11.3 Å². The van der Waals surface area contributed by atoms with Crippen LogP contribution in [-0.4, -0.2) is 44.4 Å². The molecule has 0 bridgehead atoms. The molecule has 1 unspecified atom stereocenters. The van der Waals surface area contributed by atoms with Gasteiger partial charge in [-0.15, -0.1) is 21.5 Å².